The van der Waals surface area contributed by atoms with E-state index in [4.69, 9.17) is 5.11 Å². The minimum absolute atomic E-state index is 0.0265. The van der Waals surface area contributed by atoms with Crippen molar-refractivity contribution >= 4 is 34.3 Å². The zero-order chi connectivity index (χ0) is 25.8. The van der Waals surface area contributed by atoms with E-state index < -0.39 is 29.8 Å². The highest BCUT2D eigenvalue weighted by Gasteiger charge is 2.24. The Balaban J connectivity index is 1.69. The molecule has 11 heteroatoms. The molecule has 4 aromatic rings. The molecule has 4 rings (SSSR count). The lowest BCUT2D eigenvalue weighted by Crippen LogP contribution is -2.39. The van der Waals surface area contributed by atoms with Crippen LogP contribution in [0.4, 0.5) is 30.9 Å². The third kappa shape index (κ3) is 5.17. The van der Waals surface area contributed by atoms with Gasteiger partial charge in [0.25, 0.3) is 0 Å². The van der Waals surface area contributed by atoms with Crippen molar-refractivity contribution in [3.8, 4) is 6.07 Å². The van der Waals surface area contributed by atoms with E-state index in [1.54, 1.807) is 25.3 Å². The number of hydrogen-bond donors (Lipinski definition) is 4. The Morgan fingerprint density at radius 3 is 2.69 bits per heavy atom. The Bertz CT molecular complexity index is 1460. The number of halogens is 2. The molecule has 0 saturated carbocycles. The number of fused-ring (bicyclic) bond motifs is 1. The number of aryl methyl sites for hydroxylation is 1. The largest absolute Gasteiger partial charge is 0.465 e. The topological polar surface area (TPSA) is 128 Å². The van der Waals surface area contributed by atoms with Crippen LogP contribution in [0.1, 0.15) is 31.0 Å². The monoisotopic (exact) mass is 491 g/mol. The third-order valence-electron chi connectivity index (χ3n) is 5.65. The molecule has 2 aromatic carbocycles. The van der Waals surface area contributed by atoms with Gasteiger partial charge >= 0.3 is 6.09 Å². The van der Waals surface area contributed by atoms with Crippen LogP contribution in [0.5, 0.6) is 0 Å². The van der Waals surface area contributed by atoms with Gasteiger partial charge in [0, 0.05) is 17.6 Å². The number of anilines is 3. The van der Waals surface area contributed by atoms with Gasteiger partial charge in [0.1, 0.15) is 11.9 Å². The van der Waals surface area contributed by atoms with Crippen LogP contribution in [0.3, 0.4) is 0 Å². The smallest absolute Gasteiger partial charge is 0.404 e. The zero-order valence-electron chi connectivity index (χ0n) is 19.5. The van der Waals surface area contributed by atoms with Gasteiger partial charge in [-0.1, -0.05) is 12.1 Å². The van der Waals surface area contributed by atoms with Gasteiger partial charge in [-0.05, 0) is 55.8 Å². The molecule has 1 amide bonds. The molecule has 0 saturated heterocycles. The quantitative estimate of drug-likeness (QED) is 0.268. The number of nitrogens with zero attached hydrogens (tertiary/aromatic N) is 4. The van der Waals surface area contributed by atoms with Gasteiger partial charge < -0.3 is 21.1 Å². The van der Waals surface area contributed by atoms with Gasteiger partial charge in [-0.2, -0.15) is 10.4 Å². The lowest BCUT2D eigenvalue weighted by Gasteiger charge is -2.26. The highest BCUT2D eigenvalue weighted by atomic mass is 19.1. The van der Waals surface area contributed by atoms with Crippen molar-refractivity contribution in [2.45, 2.75) is 32.5 Å². The van der Waals surface area contributed by atoms with Gasteiger partial charge in [-0.15, -0.1) is 0 Å². The van der Waals surface area contributed by atoms with Crippen molar-refractivity contribution in [3.63, 3.8) is 0 Å². The van der Waals surface area contributed by atoms with Crippen molar-refractivity contribution in [3.05, 3.63) is 77.5 Å². The minimum atomic E-state index is -1.29. The predicted octanol–water partition coefficient (Wildman–Crippen LogP) is 5.15. The van der Waals surface area contributed by atoms with Crippen LogP contribution in [-0.2, 0) is 6.54 Å². The Morgan fingerprint density at radius 1 is 1.19 bits per heavy atom. The molecule has 0 radical (unpaired) electrons. The van der Waals surface area contributed by atoms with E-state index in [0.717, 1.165) is 17.0 Å². The number of benzene rings is 2. The molecular formula is C25H23F2N7O2. The van der Waals surface area contributed by atoms with Crippen LogP contribution >= 0.6 is 0 Å². The molecule has 0 fully saturated rings. The fraction of sp³-hybridized carbons (Fsp3) is 0.200. The molecule has 36 heavy (non-hydrogen) atoms. The van der Waals surface area contributed by atoms with Crippen LogP contribution in [0.15, 0.2) is 54.7 Å². The Kier molecular flexibility index (Phi) is 6.96. The van der Waals surface area contributed by atoms with Crippen molar-refractivity contribution < 1.29 is 18.7 Å². The average molecular weight is 492 g/mol. The van der Waals surface area contributed by atoms with Gasteiger partial charge in [0.05, 0.1) is 29.4 Å². The standard InChI is InChI=1S/C25H23F2N7O2/c1-3-34-21-8-7-19(10-17(21)13-29-34)31-23-16(12-28)11-20(27)24(33-23)32-22(14(2)30-25(35)36)15-5-4-6-18(26)9-15/h4-11,13-14,22,30H,3H2,1-2H3,(H,35,36)(H2,31,32,33)/t14-,22-/m0/s1. The summed E-state index contributed by atoms with van der Waals surface area (Å²) in [5.41, 5.74) is 1.91. The van der Waals surface area contributed by atoms with E-state index in [1.165, 1.54) is 18.2 Å². The first kappa shape index (κ1) is 24.4. The molecule has 2 aromatic heterocycles. The van der Waals surface area contributed by atoms with Gasteiger partial charge in [-0.25, -0.2) is 18.6 Å². The lowest BCUT2D eigenvalue weighted by molar-refractivity contribution is 0.189. The van der Waals surface area contributed by atoms with Crippen molar-refractivity contribution in [2.75, 3.05) is 10.6 Å². The minimum Gasteiger partial charge on any atom is -0.465 e. The van der Waals surface area contributed by atoms with E-state index >= 15 is 0 Å². The summed E-state index contributed by atoms with van der Waals surface area (Å²) >= 11 is 0. The highest BCUT2D eigenvalue weighted by molar-refractivity contribution is 5.83. The number of pyridine rings is 1. The maximum Gasteiger partial charge on any atom is 0.404 e. The molecule has 184 valence electrons. The SMILES string of the molecule is CCn1ncc2cc(Nc3nc(N[C@H](c4cccc(F)c4)[C@H](C)NC(=O)O)c(F)cc3C#N)ccc21. The highest BCUT2D eigenvalue weighted by Crippen LogP contribution is 2.29. The number of aromatic nitrogens is 3. The summed E-state index contributed by atoms with van der Waals surface area (Å²) in [6.07, 6.45) is 0.434. The van der Waals surface area contributed by atoms with E-state index in [-0.39, 0.29) is 17.2 Å². The van der Waals surface area contributed by atoms with E-state index in [9.17, 15) is 18.8 Å². The van der Waals surface area contributed by atoms with E-state index in [1.807, 2.05) is 29.8 Å². The summed E-state index contributed by atoms with van der Waals surface area (Å²) in [4.78, 5) is 15.5. The van der Waals surface area contributed by atoms with Crippen LogP contribution in [0.25, 0.3) is 10.9 Å². The normalized spacial score (nSPS) is 12.5. The number of rotatable bonds is 8. The maximum absolute atomic E-state index is 15.0. The Labute approximate surface area is 205 Å². The van der Waals surface area contributed by atoms with Crippen molar-refractivity contribution in [1.82, 2.24) is 20.1 Å². The second-order valence-electron chi connectivity index (χ2n) is 8.10. The number of hydrogen-bond acceptors (Lipinski definition) is 6. The van der Waals surface area contributed by atoms with Gasteiger partial charge in [0.2, 0.25) is 0 Å². The first-order valence-corrected chi connectivity index (χ1v) is 11.1. The lowest BCUT2D eigenvalue weighted by atomic mass is 10.00. The van der Waals surface area contributed by atoms with Gasteiger partial charge in [-0.3, -0.25) is 4.68 Å². The molecule has 9 nitrogen and oxygen atoms in total. The van der Waals surface area contributed by atoms with E-state index in [0.29, 0.717) is 17.8 Å². The summed E-state index contributed by atoms with van der Waals surface area (Å²) in [5.74, 6) is -1.48. The molecule has 0 bridgehead atoms. The number of carboxylic acid groups (broad SMARTS) is 1. The zero-order valence-corrected chi connectivity index (χ0v) is 19.5. The molecular weight excluding hydrogens is 468 g/mol. The summed E-state index contributed by atoms with van der Waals surface area (Å²) in [7, 11) is 0. The number of carbonyl (C=O) groups is 1. The van der Waals surface area contributed by atoms with Crippen molar-refractivity contribution in [2.24, 2.45) is 0 Å². The van der Waals surface area contributed by atoms with Crippen LogP contribution in [0.2, 0.25) is 0 Å². The first-order valence-electron chi connectivity index (χ1n) is 11.1. The molecule has 0 unspecified atom stereocenters. The summed E-state index contributed by atoms with van der Waals surface area (Å²) < 4.78 is 30.7. The van der Waals surface area contributed by atoms with Crippen LogP contribution < -0.4 is 16.0 Å². The molecule has 2 atom stereocenters. The fourth-order valence-electron chi connectivity index (χ4n) is 3.95. The summed E-state index contributed by atoms with van der Waals surface area (Å²) in [5, 5.41) is 32.1. The molecule has 0 aliphatic carbocycles. The summed E-state index contributed by atoms with van der Waals surface area (Å²) in [6, 6.07) is 12.4. The number of nitriles is 1. The molecule has 0 aliphatic heterocycles. The first-order chi connectivity index (χ1) is 17.3. The molecule has 4 N–H and O–H groups in total. The number of amides is 1. The fourth-order valence-corrected chi connectivity index (χ4v) is 3.95. The van der Waals surface area contributed by atoms with Crippen molar-refractivity contribution in [1.29, 1.82) is 5.26 Å². The molecule has 0 spiro atoms. The second-order valence-corrected chi connectivity index (χ2v) is 8.10. The Hall–Kier alpha value is -4.72. The van der Waals surface area contributed by atoms with Gasteiger partial charge in [0.15, 0.2) is 17.5 Å². The second kappa shape index (κ2) is 10.3. The average Bonchev–Trinajstić information content (AvgIpc) is 3.25. The van der Waals surface area contributed by atoms with Crippen LogP contribution in [0, 0.1) is 23.0 Å². The van der Waals surface area contributed by atoms with Crippen LogP contribution in [-0.4, -0.2) is 32.0 Å². The van der Waals surface area contributed by atoms with E-state index in [2.05, 4.69) is 26.0 Å². The maximum atomic E-state index is 15.0. The number of nitrogens with one attached hydrogen (secondary N) is 3. The summed E-state index contributed by atoms with van der Waals surface area (Å²) in [6.45, 7) is 4.26. The predicted molar refractivity (Wildman–Crippen MR) is 131 cm³/mol. The Morgan fingerprint density at radius 2 is 2.00 bits per heavy atom. The third-order valence-corrected chi connectivity index (χ3v) is 5.65. The molecule has 2 heterocycles. The molecule has 0 aliphatic rings.